The molecule has 0 bridgehead atoms. The van der Waals surface area contributed by atoms with Crippen LogP contribution in [0, 0.1) is 10.1 Å². The molecule has 0 amide bonds. The summed E-state index contributed by atoms with van der Waals surface area (Å²) >= 11 is 0. The Labute approximate surface area is 129 Å². The number of hydrogen-bond acceptors (Lipinski definition) is 5. The van der Waals surface area contributed by atoms with Gasteiger partial charge in [-0.3, -0.25) is 20.0 Å². The molecule has 1 aromatic heterocycles. The molecule has 0 radical (unpaired) electrons. The van der Waals surface area contributed by atoms with E-state index < -0.39 is 0 Å². The van der Waals surface area contributed by atoms with Gasteiger partial charge in [0, 0.05) is 62.9 Å². The lowest BCUT2D eigenvalue weighted by Crippen LogP contribution is -2.45. The Balaban J connectivity index is 1.60. The highest BCUT2D eigenvalue weighted by atomic mass is 16.6. The summed E-state index contributed by atoms with van der Waals surface area (Å²) in [5, 5.41) is 10.9. The van der Waals surface area contributed by atoms with Gasteiger partial charge in [-0.05, 0) is 23.8 Å². The number of aromatic nitrogens is 1. The summed E-state index contributed by atoms with van der Waals surface area (Å²) in [4.78, 5) is 19.1. The van der Waals surface area contributed by atoms with Crippen molar-refractivity contribution in [2.45, 2.75) is 6.54 Å². The van der Waals surface area contributed by atoms with Crippen molar-refractivity contribution < 1.29 is 4.92 Å². The van der Waals surface area contributed by atoms with Gasteiger partial charge in [0.05, 0.1) is 4.92 Å². The molecule has 0 spiro atoms. The number of nitrogens with zero attached hydrogens (tertiary/aromatic N) is 4. The van der Waals surface area contributed by atoms with Crippen LogP contribution in [0.25, 0.3) is 0 Å². The summed E-state index contributed by atoms with van der Waals surface area (Å²) in [5.41, 5.74) is 2.34. The number of nitro benzene ring substituents is 1. The van der Waals surface area contributed by atoms with E-state index in [0.717, 1.165) is 38.4 Å². The van der Waals surface area contributed by atoms with E-state index in [2.05, 4.69) is 14.8 Å². The largest absolute Gasteiger partial charge is 0.369 e. The number of nitro groups is 1. The molecule has 2 heterocycles. The molecule has 6 heteroatoms. The van der Waals surface area contributed by atoms with Crippen LogP contribution in [0.3, 0.4) is 0 Å². The summed E-state index contributed by atoms with van der Waals surface area (Å²) in [6.45, 7) is 4.58. The van der Waals surface area contributed by atoms with Crippen LogP contribution >= 0.6 is 0 Å². The zero-order valence-corrected chi connectivity index (χ0v) is 12.3. The number of piperazine rings is 1. The minimum Gasteiger partial charge on any atom is -0.369 e. The molecule has 6 nitrogen and oxygen atoms in total. The monoisotopic (exact) mass is 298 g/mol. The third-order valence-electron chi connectivity index (χ3n) is 3.93. The molecule has 0 aliphatic carbocycles. The molecule has 3 rings (SSSR count). The Kier molecular flexibility index (Phi) is 4.29. The maximum atomic E-state index is 10.9. The average Bonchev–Trinajstić information content (AvgIpc) is 2.56. The minimum atomic E-state index is -0.344. The predicted octanol–water partition coefficient (Wildman–Crippen LogP) is 2.31. The maximum absolute atomic E-state index is 10.9. The molecule has 1 aromatic carbocycles. The molecule has 1 saturated heterocycles. The van der Waals surface area contributed by atoms with Crippen LogP contribution < -0.4 is 4.90 Å². The fourth-order valence-corrected chi connectivity index (χ4v) is 2.71. The van der Waals surface area contributed by atoms with Crippen LogP contribution in [0.1, 0.15) is 5.56 Å². The highest BCUT2D eigenvalue weighted by molar-refractivity contribution is 5.53. The standard InChI is InChI=1S/C16H18N4O2/c21-20(22)16-3-1-2-15(12-16)19-10-8-18(9-11-19)13-14-4-6-17-7-5-14/h1-7,12H,8-11,13H2. The molecule has 114 valence electrons. The van der Waals surface area contributed by atoms with Gasteiger partial charge in [-0.15, -0.1) is 0 Å². The van der Waals surface area contributed by atoms with Gasteiger partial charge in [0.2, 0.25) is 0 Å². The van der Waals surface area contributed by atoms with E-state index in [0.29, 0.717) is 0 Å². The van der Waals surface area contributed by atoms with Crippen molar-refractivity contribution in [1.29, 1.82) is 0 Å². The third-order valence-corrected chi connectivity index (χ3v) is 3.93. The molecule has 0 N–H and O–H groups in total. The topological polar surface area (TPSA) is 62.5 Å². The van der Waals surface area contributed by atoms with Crippen LogP contribution in [-0.2, 0) is 6.54 Å². The summed E-state index contributed by atoms with van der Waals surface area (Å²) < 4.78 is 0. The van der Waals surface area contributed by atoms with E-state index in [1.807, 2.05) is 30.6 Å². The molecule has 22 heavy (non-hydrogen) atoms. The van der Waals surface area contributed by atoms with Crippen molar-refractivity contribution in [2.24, 2.45) is 0 Å². The molecule has 0 unspecified atom stereocenters. The van der Waals surface area contributed by atoms with Gasteiger partial charge in [-0.2, -0.15) is 0 Å². The van der Waals surface area contributed by atoms with Crippen LogP contribution in [-0.4, -0.2) is 41.0 Å². The Morgan fingerprint density at radius 3 is 2.50 bits per heavy atom. The van der Waals surface area contributed by atoms with Gasteiger partial charge in [-0.1, -0.05) is 6.07 Å². The Morgan fingerprint density at radius 2 is 1.82 bits per heavy atom. The first-order valence-electron chi connectivity index (χ1n) is 7.33. The summed E-state index contributed by atoms with van der Waals surface area (Å²) in [5.74, 6) is 0. The number of anilines is 1. The van der Waals surface area contributed by atoms with Crippen LogP contribution in [0.4, 0.5) is 11.4 Å². The highest BCUT2D eigenvalue weighted by Crippen LogP contribution is 2.22. The first-order valence-corrected chi connectivity index (χ1v) is 7.33. The molecule has 0 saturated carbocycles. The highest BCUT2D eigenvalue weighted by Gasteiger charge is 2.18. The molecule has 1 aliphatic rings. The fourth-order valence-electron chi connectivity index (χ4n) is 2.71. The number of hydrogen-bond donors (Lipinski definition) is 0. The molecular formula is C16H18N4O2. The molecule has 1 aliphatic heterocycles. The first-order chi connectivity index (χ1) is 10.7. The van der Waals surface area contributed by atoms with Crippen molar-refractivity contribution in [3.63, 3.8) is 0 Å². The van der Waals surface area contributed by atoms with Crippen LogP contribution in [0.5, 0.6) is 0 Å². The lowest BCUT2D eigenvalue weighted by atomic mass is 10.2. The van der Waals surface area contributed by atoms with Gasteiger partial charge in [0.1, 0.15) is 0 Å². The van der Waals surface area contributed by atoms with Gasteiger partial charge in [0.25, 0.3) is 5.69 Å². The Bertz CT molecular complexity index is 640. The number of rotatable bonds is 4. The van der Waals surface area contributed by atoms with Crippen LogP contribution in [0.2, 0.25) is 0 Å². The lowest BCUT2D eigenvalue weighted by molar-refractivity contribution is -0.384. The minimum absolute atomic E-state index is 0.150. The van der Waals surface area contributed by atoms with Crippen molar-refractivity contribution in [1.82, 2.24) is 9.88 Å². The van der Waals surface area contributed by atoms with E-state index in [1.165, 1.54) is 11.6 Å². The fraction of sp³-hybridized carbons (Fsp3) is 0.312. The first kappa shape index (κ1) is 14.5. The Morgan fingerprint density at radius 1 is 1.09 bits per heavy atom. The molecule has 0 atom stereocenters. The smallest absolute Gasteiger partial charge is 0.271 e. The van der Waals surface area contributed by atoms with Crippen molar-refractivity contribution in [3.8, 4) is 0 Å². The van der Waals surface area contributed by atoms with E-state index in [1.54, 1.807) is 12.1 Å². The second-order valence-corrected chi connectivity index (χ2v) is 5.40. The van der Waals surface area contributed by atoms with Gasteiger partial charge in [-0.25, -0.2) is 0 Å². The normalized spacial score (nSPS) is 15.7. The zero-order valence-electron chi connectivity index (χ0n) is 12.3. The average molecular weight is 298 g/mol. The maximum Gasteiger partial charge on any atom is 0.271 e. The summed E-state index contributed by atoms with van der Waals surface area (Å²) in [7, 11) is 0. The van der Waals surface area contributed by atoms with Gasteiger partial charge < -0.3 is 4.90 Å². The Hall–Kier alpha value is -2.47. The van der Waals surface area contributed by atoms with E-state index >= 15 is 0 Å². The number of benzene rings is 1. The van der Waals surface area contributed by atoms with Crippen molar-refractivity contribution in [3.05, 3.63) is 64.5 Å². The SMILES string of the molecule is O=[N+]([O-])c1cccc(N2CCN(Cc3ccncc3)CC2)c1. The van der Waals surface area contributed by atoms with Gasteiger partial charge >= 0.3 is 0 Å². The molecular weight excluding hydrogens is 280 g/mol. The second kappa shape index (κ2) is 6.53. The third kappa shape index (κ3) is 3.40. The molecule has 2 aromatic rings. The quantitative estimate of drug-likeness (QED) is 0.640. The van der Waals surface area contributed by atoms with E-state index in [4.69, 9.17) is 0 Å². The van der Waals surface area contributed by atoms with E-state index in [-0.39, 0.29) is 10.6 Å². The van der Waals surface area contributed by atoms with Crippen LogP contribution in [0.15, 0.2) is 48.8 Å². The number of non-ortho nitro benzene ring substituents is 1. The van der Waals surface area contributed by atoms with E-state index in [9.17, 15) is 10.1 Å². The second-order valence-electron chi connectivity index (χ2n) is 5.40. The summed E-state index contributed by atoms with van der Waals surface area (Å²) in [6.07, 6.45) is 3.63. The van der Waals surface area contributed by atoms with Crippen molar-refractivity contribution in [2.75, 3.05) is 31.1 Å². The lowest BCUT2D eigenvalue weighted by Gasteiger charge is -2.36. The van der Waals surface area contributed by atoms with Crippen molar-refractivity contribution >= 4 is 11.4 Å². The summed E-state index contributed by atoms with van der Waals surface area (Å²) in [6, 6.07) is 10.9. The zero-order chi connectivity index (χ0) is 15.4. The number of pyridine rings is 1. The van der Waals surface area contributed by atoms with Gasteiger partial charge in [0.15, 0.2) is 0 Å². The predicted molar refractivity (Wildman–Crippen MR) is 84.8 cm³/mol. The molecule has 1 fully saturated rings.